The second-order valence-electron chi connectivity index (χ2n) is 5.43. The molecule has 2 heterocycles. The highest BCUT2D eigenvalue weighted by atomic mass is 19.1. The van der Waals surface area contributed by atoms with Crippen molar-refractivity contribution in [3.8, 4) is 18.1 Å². The molecule has 0 aromatic heterocycles. The van der Waals surface area contributed by atoms with Crippen molar-refractivity contribution < 1.29 is 13.9 Å². The summed E-state index contributed by atoms with van der Waals surface area (Å²) in [5.74, 6) is 2.40. The van der Waals surface area contributed by atoms with Crippen LogP contribution in [0.3, 0.4) is 0 Å². The highest BCUT2D eigenvalue weighted by Gasteiger charge is 2.33. The molecule has 1 aromatic rings. The van der Waals surface area contributed by atoms with Crippen molar-refractivity contribution in [2.45, 2.75) is 18.6 Å². The summed E-state index contributed by atoms with van der Waals surface area (Å²) in [6.07, 6.45) is 6.06. The van der Waals surface area contributed by atoms with Crippen molar-refractivity contribution in [3.63, 3.8) is 0 Å². The van der Waals surface area contributed by atoms with Crippen LogP contribution in [0.15, 0.2) is 12.1 Å². The van der Waals surface area contributed by atoms with E-state index < -0.39 is 5.82 Å². The Morgan fingerprint density at radius 3 is 3.19 bits per heavy atom. The van der Waals surface area contributed by atoms with Crippen molar-refractivity contribution >= 4 is 5.69 Å². The van der Waals surface area contributed by atoms with E-state index in [0.717, 1.165) is 31.7 Å². The lowest BCUT2D eigenvalue weighted by Crippen LogP contribution is -2.52. The second-order valence-corrected chi connectivity index (χ2v) is 5.43. The molecule has 2 aliphatic rings. The zero-order valence-corrected chi connectivity index (χ0v) is 12.1. The average molecular weight is 290 g/mol. The number of piperazine rings is 1. The van der Waals surface area contributed by atoms with Gasteiger partial charge in [0.25, 0.3) is 0 Å². The van der Waals surface area contributed by atoms with Crippen molar-refractivity contribution in [1.82, 2.24) is 5.32 Å². The highest BCUT2D eigenvalue weighted by Crippen LogP contribution is 2.38. The molecule has 1 N–H and O–H groups in total. The van der Waals surface area contributed by atoms with E-state index in [1.165, 1.54) is 6.07 Å². The maximum absolute atomic E-state index is 14.4. The Morgan fingerprint density at radius 1 is 1.57 bits per heavy atom. The number of nitrogens with one attached hydrogen (secondary N) is 1. The number of halogens is 1. The molecule has 2 atom stereocenters. The molecule has 0 unspecified atom stereocenters. The first-order valence-electron chi connectivity index (χ1n) is 7.16. The number of terminal acetylenes is 1. The Balaban J connectivity index is 2.05. The van der Waals surface area contributed by atoms with E-state index in [-0.39, 0.29) is 12.1 Å². The van der Waals surface area contributed by atoms with Gasteiger partial charge in [-0.15, -0.1) is 6.42 Å². The molecule has 1 saturated heterocycles. The third-order valence-corrected chi connectivity index (χ3v) is 4.02. The van der Waals surface area contributed by atoms with Gasteiger partial charge >= 0.3 is 0 Å². The van der Waals surface area contributed by atoms with Crippen LogP contribution in [-0.4, -0.2) is 45.5 Å². The molecule has 0 saturated carbocycles. The minimum Gasteiger partial charge on any atom is -0.483 e. The lowest BCUT2D eigenvalue weighted by atomic mass is 10.1. The molecule has 1 aromatic carbocycles. The number of benzene rings is 1. The Kier molecular flexibility index (Phi) is 4.00. The van der Waals surface area contributed by atoms with Gasteiger partial charge in [-0.3, -0.25) is 0 Å². The molecule has 4 nitrogen and oxygen atoms in total. The first-order chi connectivity index (χ1) is 10.2. The van der Waals surface area contributed by atoms with Gasteiger partial charge in [-0.25, -0.2) is 4.39 Å². The molecule has 1 fully saturated rings. The summed E-state index contributed by atoms with van der Waals surface area (Å²) in [7, 11) is 1.63. The summed E-state index contributed by atoms with van der Waals surface area (Å²) in [5.41, 5.74) is 1.30. The first kappa shape index (κ1) is 14.2. The largest absolute Gasteiger partial charge is 0.483 e. The topological polar surface area (TPSA) is 33.7 Å². The van der Waals surface area contributed by atoms with Crippen LogP contribution in [0.2, 0.25) is 0 Å². The summed E-state index contributed by atoms with van der Waals surface area (Å²) >= 11 is 0. The van der Waals surface area contributed by atoms with E-state index in [1.807, 2.05) is 6.07 Å². The van der Waals surface area contributed by atoms with Gasteiger partial charge in [-0.05, 0) is 12.1 Å². The molecule has 0 amide bonds. The summed E-state index contributed by atoms with van der Waals surface area (Å²) in [4.78, 5) is 2.20. The number of hydrogen-bond donors (Lipinski definition) is 1. The summed E-state index contributed by atoms with van der Waals surface area (Å²) in [5, 5.41) is 3.38. The second kappa shape index (κ2) is 5.92. The average Bonchev–Trinajstić information content (AvgIpc) is 2.65. The third kappa shape index (κ3) is 2.69. The van der Waals surface area contributed by atoms with Crippen molar-refractivity contribution in [2.24, 2.45) is 0 Å². The van der Waals surface area contributed by atoms with E-state index >= 15 is 0 Å². The minimum atomic E-state index is -0.402. The van der Waals surface area contributed by atoms with Crippen LogP contribution in [0.4, 0.5) is 10.1 Å². The standard InChI is InChI=1S/C16H19FN2O2/c1-3-11-6-14(17)16-15(7-11)19-5-4-18-9-12(19)8-13(21-16)10-20-2/h1,6-7,12-13,18H,4-5,8-10H2,2H3/t12-,13+/m1/s1. The van der Waals surface area contributed by atoms with Crippen LogP contribution in [-0.2, 0) is 4.74 Å². The predicted molar refractivity (Wildman–Crippen MR) is 79.2 cm³/mol. The Morgan fingerprint density at radius 2 is 2.43 bits per heavy atom. The van der Waals surface area contributed by atoms with Crippen LogP contribution in [0.5, 0.6) is 5.75 Å². The lowest BCUT2D eigenvalue weighted by Gasteiger charge is -2.37. The summed E-state index contributed by atoms with van der Waals surface area (Å²) < 4.78 is 25.4. The van der Waals surface area contributed by atoms with Crippen LogP contribution in [0, 0.1) is 18.2 Å². The lowest BCUT2D eigenvalue weighted by molar-refractivity contribution is 0.0721. The zero-order chi connectivity index (χ0) is 14.8. The molecule has 112 valence electrons. The van der Waals surface area contributed by atoms with Gasteiger partial charge < -0.3 is 19.7 Å². The van der Waals surface area contributed by atoms with Gasteiger partial charge in [0.05, 0.1) is 12.3 Å². The SMILES string of the molecule is C#Cc1cc(F)c2c(c1)N1CCNC[C@H]1C[C@@H](COC)O2. The van der Waals surface area contributed by atoms with Crippen molar-refractivity contribution in [3.05, 3.63) is 23.5 Å². The monoisotopic (exact) mass is 290 g/mol. The number of ether oxygens (including phenoxy) is 2. The van der Waals surface area contributed by atoms with Crippen molar-refractivity contribution in [1.29, 1.82) is 0 Å². The Labute approximate surface area is 124 Å². The smallest absolute Gasteiger partial charge is 0.178 e. The fraction of sp³-hybridized carbons (Fsp3) is 0.500. The number of rotatable bonds is 2. The maximum atomic E-state index is 14.4. The quantitative estimate of drug-likeness (QED) is 0.835. The molecular formula is C16H19FN2O2. The van der Waals surface area contributed by atoms with Crippen LogP contribution >= 0.6 is 0 Å². The molecule has 2 aliphatic heterocycles. The van der Waals surface area contributed by atoms with Crippen LogP contribution in [0.25, 0.3) is 0 Å². The van der Waals surface area contributed by atoms with E-state index in [0.29, 0.717) is 17.9 Å². The fourth-order valence-corrected chi connectivity index (χ4v) is 3.09. The molecule has 21 heavy (non-hydrogen) atoms. The fourth-order valence-electron chi connectivity index (χ4n) is 3.09. The van der Waals surface area contributed by atoms with E-state index in [2.05, 4.69) is 16.1 Å². The number of hydrogen-bond acceptors (Lipinski definition) is 4. The zero-order valence-electron chi connectivity index (χ0n) is 12.1. The molecule has 3 rings (SSSR count). The van der Waals surface area contributed by atoms with Gasteiger partial charge in [0.15, 0.2) is 11.6 Å². The normalized spacial score (nSPS) is 24.3. The van der Waals surface area contributed by atoms with Gasteiger partial charge in [0.1, 0.15) is 6.10 Å². The first-order valence-corrected chi connectivity index (χ1v) is 7.16. The summed E-state index contributed by atoms with van der Waals surface area (Å²) in [6, 6.07) is 3.45. The molecule has 0 radical (unpaired) electrons. The van der Waals surface area contributed by atoms with Gasteiger partial charge in [0, 0.05) is 44.8 Å². The Hall–Kier alpha value is -1.77. The molecule has 5 heteroatoms. The van der Waals surface area contributed by atoms with E-state index in [9.17, 15) is 4.39 Å². The van der Waals surface area contributed by atoms with Gasteiger partial charge in [-0.2, -0.15) is 0 Å². The van der Waals surface area contributed by atoms with Gasteiger partial charge in [0.2, 0.25) is 0 Å². The molecular weight excluding hydrogens is 271 g/mol. The third-order valence-electron chi connectivity index (χ3n) is 4.02. The number of nitrogens with zero attached hydrogens (tertiary/aromatic N) is 1. The maximum Gasteiger partial charge on any atom is 0.178 e. The molecule has 0 spiro atoms. The molecule has 0 bridgehead atoms. The Bertz CT molecular complexity index is 570. The molecule has 0 aliphatic carbocycles. The predicted octanol–water partition coefficient (Wildman–Crippen LogP) is 1.38. The number of methoxy groups -OCH3 is 1. The number of fused-ring (bicyclic) bond motifs is 3. The van der Waals surface area contributed by atoms with Crippen LogP contribution in [0.1, 0.15) is 12.0 Å². The summed E-state index contributed by atoms with van der Waals surface area (Å²) in [6.45, 7) is 2.98. The minimum absolute atomic E-state index is 0.158. The van der Waals surface area contributed by atoms with Gasteiger partial charge in [-0.1, -0.05) is 5.92 Å². The van der Waals surface area contributed by atoms with E-state index in [1.54, 1.807) is 7.11 Å². The highest BCUT2D eigenvalue weighted by molar-refractivity contribution is 5.64. The van der Waals surface area contributed by atoms with E-state index in [4.69, 9.17) is 15.9 Å². The van der Waals surface area contributed by atoms with Crippen molar-refractivity contribution in [2.75, 3.05) is 38.3 Å². The van der Waals surface area contributed by atoms with Crippen LogP contribution < -0.4 is 15.0 Å². The number of anilines is 1.